The zero-order chi connectivity index (χ0) is 17.1. The van der Waals surface area contributed by atoms with Crippen molar-refractivity contribution in [1.29, 1.82) is 0 Å². The molecule has 0 radical (unpaired) electrons. The van der Waals surface area contributed by atoms with E-state index in [0.717, 1.165) is 13.1 Å². The Hall–Kier alpha value is -2.83. The number of benzene rings is 1. The lowest BCUT2D eigenvalue weighted by Crippen LogP contribution is -2.49. The van der Waals surface area contributed by atoms with Crippen molar-refractivity contribution in [3.8, 4) is 0 Å². The smallest absolute Gasteiger partial charge is 0.325 e. The first-order chi connectivity index (χ1) is 11.5. The Labute approximate surface area is 138 Å². The van der Waals surface area contributed by atoms with Gasteiger partial charge in [-0.1, -0.05) is 12.1 Å². The second kappa shape index (κ2) is 6.74. The summed E-state index contributed by atoms with van der Waals surface area (Å²) in [5, 5.41) is 0. The first kappa shape index (κ1) is 16.0. The maximum absolute atomic E-state index is 12.4. The van der Waals surface area contributed by atoms with Crippen LogP contribution in [0.15, 0.2) is 39.9 Å². The molecule has 7 nitrogen and oxygen atoms in total. The van der Waals surface area contributed by atoms with E-state index in [0.29, 0.717) is 18.8 Å². The van der Waals surface area contributed by atoms with Crippen molar-refractivity contribution < 1.29 is 4.79 Å². The van der Waals surface area contributed by atoms with Crippen LogP contribution in [0.2, 0.25) is 0 Å². The molecule has 0 atom stereocenters. The predicted octanol–water partition coefficient (Wildman–Crippen LogP) is 0.263. The summed E-state index contributed by atoms with van der Waals surface area (Å²) >= 11 is 0. The number of hydrogen-bond donors (Lipinski definition) is 2. The lowest BCUT2D eigenvalue weighted by Gasteiger charge is -2.36. The molecule has 2 heterocycles. The van der Waals surface area contributed by atoms with Crippen LogP contribution < -0.4 is 16.1 Å². The highest BCUT2D eigenvalue weighted by Gasteiger charge is 2.21. The van der Waals surface area contributed by atoms with Gasteiger partial charge < -0.3 is 14.8 Å². The van der Waals surface area contributed by atoms with Crippen LogP contribution in [0.5, 0.6) is 0 Å². The molecule has 0 unspecified atom stereocenters. The van der Waals surface area contributed by atoms with E-state index in [1.807, 2.05) is 6.07 Å². The number of H-pyrrole nitrogens is 2. The number of rotatable bonds is 3. The molecule has 1 fully saturated rings. The molecule has 3 rings (SSSR count). The third-order valence-electron chi connectivity index (χ3n) is 4.16. The van der Waals surface area contributed by atoms with E-state index in [9.17, 15) is 14.4 Å². The minimum atomic E-state index is -0.588. The van der Waals surface area contributed by atoms with Crippen LogP contribution in [-0.4, -0.2) is 47.0 Å². The molecular formula is C17H20N4O3. The van der Waals surface area contributed by atoms with Gasteiger partial charge in [0.15, 0.2) is 0 Å². The highest BCUT2D eigenvalue weighted by Crippen LogP contribution is 2.18. The molecule has 2 N–H and O–H groups in total. The number of piperazine rings is 1. The molecule has 2 aromatic rings. The van der Waals surface area contributed by atoms with Crippen molar-refractivity contribution in [2.45, 2.75) is 13.3 Å². The molecule has 0 bridgehead atoms. The van der Waals surface area contributed by atoms with Gasteiger partial charge in [0.1, 0.15) is 0 Å². The number of carbonyl (C=O) groups excluding carboxylic acids is 1. The molecule has 1 aliphatic heterocycles. The lowest BCUT2D eigenvalue weighted by molar-refractivity contribution is -0.130. The molecule has 1 amide bonds. The highest BCUT2D eigenvalue weighted by atomic mass is 16.2. The average molecular weight is 328 g/mol. The number of aryl methyl sites for hydroxylation is 1. The van der Waals surface area contributed by atoms with E-state index in [1.54, 1.807) is 4.90 Å². The first-order valence-corrected chi connectivity index (χ1v) is 7.93. The number of nitrogens with one attached hydrogen (secondary N) is 2. The fourth-order valence-corrected chi connectivity index (χ4v) is 2.93. The Morgan fingerprint density at radius 2 is 1.83 bits per heavy atom. The van der Waals surface area contributed by atoms with Crippen LogP contribution >= 0.6 is 0 Å². The summed E-state index contributed by atoms with van der Waals surface area (Å²) in [6.45, 7) is 4.84. The zero-order valence-corrected chi connectivity index (χ0v) is 13.5. The quantitative estimate of drug-likeness (QED) is 0.846. The first-order valence-electron chi connectivity index (χ1n) is 7.93. The number of aromatic amines is 2. The summed E-state index contributed by atoms with van der Waals surface area (Å²) in [5.74, 6) is -0.0832. The third-order valence-corrected chi connectivity index (χ3v) is 4.16. The minimum Gasteiger partial charge on any atom is -0.368 e. The standard InChI is InChI=1S/C17H20N4O3/c1-12-3-2-4-14(9-12)20-5-7-21(8-6-20)16(23)11-13-10-15(22)19-17(24)18-13/h2-4,9-10H,5-8,11H2,1H3,(H2,18,19,22,24). The molecule has 126 valence electrons. The van der Waals surface area contributed by atoms with Gasteiger partial charge in [-0.3, -0.25) is 14.6 Å². The van der Waals surface area contributed by atoms with E-state index in [1.165, 1.54) is 17.3 Å². The van der Waals surface area contributed by atoms with Crippen LogP contribution in [0.1, 0.15) is 11.3 Å². The van der Waals surface area contributed by atoms with Gasteiger partial charge in [-0.2, -0.15) is 0 Å². The Balaban J connectivity index is 1.61. The number of nitrogens with zero attached hydrogens (tertiary/aromatic N) is 2. The molecule has 1 saturated heterocycles. The SMILES string of the molecule is Cc1cccc(N2CCN(C(=O)Cc3cc(=O)[nH]c(=O)[nH]3)CC2)c1. The molecular weight excluding hydrogens is 308 g/mol. The van der Waals surface area contributed by atoms with Crippen molar-refractivity contribution in [2.24, 2.45) is 0 Å². The van der Waals surface area contributed by atoms with Crippen molar-refractivity contribution in [3.05, 3.63) is 62.4 Å². The van der Waals surface area contributed by atoms with Gasteiger partial charge >= 0.3 is 5.69 Å². The van der Waals surface area contributed by atoms with Crippen LogP contribution in [0.25, 0.3) is 0 Å². The molecule has 0 aliphatic carbocycles. The third kappa shape index (κ3) is 3.73. The summed E-state index contributed by atoms with van der Waals surface area (Å²) < 4.78 is 0. The fourth-order valence-electron chi connectivity index (χ4n) is 2.93. The molecule has 24 heavy (non-hydrogen) atoms. The normalized spacial score (nSPS) is 14.7. The maximum atomic E-state index is 12.4. The van der Waals surface area contributed by atoms with Gasteiger partial charge in [-0.05, 0) is 24.6 Å². The molecule has 1 aromatic carbocycles. The largest absolute Gasteiger partial charge is 0.368 e. The van der Waals surface area contributed by atoms with Gasteiger partial charge in [0, 0.05) is 43.6 Å². The highest BCUT2D eigenvalue weighted by molar-refractivity contribution is 5.78. The van der Waals surface area contributed by atoms with Crippen molar-refractivity contribution in [1.82, 2.24) is 14.9 Å². The van der Waals surface area contributed by atoms with Crippen molar-refractivity contribution in [2.75, 3.05) is 31.1 Å². The van der Waals surface area contributed by atoms with Gasteiger partial charge in [0.05, 0.1) is 6.42 Å². The molecule has 7 heteroatoms. The molecule has 0 saturated carbocycles. The van der Waals surface area contributed by atoms with E-state index < -0.39 is 11.2 Å². The van der Waals surface area contributed by atoms with Gasteiger partial charge in [-0.15, -0.1) is 0 Å². The number of hydrogen-bond acceptors (Lipinski definition) is 4. The average Bonchev–Trinajstić information content (AvgIpc) is 2.54. The van der Waals surface area contributed by atoms with Gasteiger partial charge in [0.25, 0.3) is 5.56 Å². The lowest BCUT2D eigenvalue weighted by atomic mass is 10.2. The minimum absolute atomic E-state index is 0.0314. The summed E-state index contributed by atoms with van der Waals surface area (Å²) in [5.41, 5.74) is 1.64. The second-order valence-corrected chi connectivity index (χ2v) is 6.00. The van der Waals surface area contributed by atoms with Crippen LogP contribution in [0, 0.1) is 6.92 Å². The monoisotopic (exact) mass is 328 g/mol. The Morgan fingerprint density at radius 1 is 1.08 bits per heavy atom. The molecule has 0 spiro atoms. The Morgan fingerprint density at radius 3 is 2.50 bits per heavy atom. The summed E-state index contributed by atoms with van der Waals surface area (Å²) in [7, 11) is 0. The number of carbonyl (C=O) groups is 1. The predicted molar refractivity (Wildman–Crippen MR) is 91.4 cm³/mol. The van der Waals surface area contributed by atoms with Gasteiger partial charge in [-0.25, -0.2) is 4.79 Å². The van der Waals surface area contributed by atoms with E-state index in [4.69, 9.17) is 0 Å². The van der Waals surface area contributed by atoms with Gasteiger partial charge in [0.2, 0.25) is 5.91 Å². The molecule has 1 aromatic heterocycles. The van der Waals surface area contributed by atoms with Crippen molar-refractivity contribution >= 4 is 11.6 Å². The summed E-state index contributed by atoms with van der Waals surface area (Å²) in [4.78, 5) is 43.5. The van der Waals surface area contributed by atoms with Crippen molar-refractivity contribution in [3.63, 3.8) is 0 Å². The van der Waals surface area contributed by atoms with E-state index >= 15 is 0 Å². The van der Waals surface area contributed by atoms with Crippen LogP contribution in [0.3, 0.4) is 0 Å². The maximum Gasteiger partial charge on any atom is 0.325 e. The second-order valence-electron chi connectivity index (χ2n) is 6.00. The topological polar surface area (TPSA) is 89.3 Å². The van der Waals surface area contributed by atoms with E-state index in [-0.39, 0.29) is 12.3 Å². The summed E-state index contributed by atoms with van der Waals surface area (Å²) in [6, 6.07) is 9.56. The van der Waals surface area contributed by atoms with Crippen LogP contribution in [0.4, 0.5) is 5.69 Å². The number of aromatic nitrogens is 2. The summed E-state index contributed by atoms with van der Waals surface area (Å²) in [6.07, 6.45) is 0.0314. The fraction of sp³-hybridized carbons (Fsp3) is 0.353. The Bertz CT molecular complexity index is 819. The number of amides is 1. The number of anilines is 1. The van der Waals surface area contributed by atoms with E-state index in [2.05, 4.69) is 40.0 Å². The Kier molecular flexibility index (Phi) is 4.50. The zero-order valence-electron chi connectivity index (χ0n) is 13.5. The van der Waals surface area contributed by atoms with Crippen LogP contribution in [-0.2, 0) is 11.2 Å². The molecule has 1 aliphatic rings.